The Labute approximate surface area is 186 Å². The number of piperidine rings is 1. The van der Waals surface area contributed by atoms with Gasteiger partial charge in [-0.3, -0.25) is 4.99 Å². The van der Waals surface area contributed by atoms with Crippen LogP contribution in [-0.2, 0) is 6.42 Å². The molecule has 1 fully saturated rings. The first-order chi connectivity index (χ1) is 14.6. The minimum atomic E-state index is 0.771. The fourth-order valence-electron chi connectivity index (χ4n) is 4.23. The minimum absolute atomic E-state index is 0.771. The Balaban J connectivity index is 1.52. The van der Waals surface area contributed by atoms with Crippen LogP contribution in [0.2, 0.25) is 5.02 Å². The maximum absolute atomic E-state index is 6.32. The summed E-state index contributed by atoms with van der Waals surface area (Å²) in [5, 5.41) is 7.78. The van der Waals surface area contributed by atoms with Crippen molar-refractivity contribution in [3.63, 3.8) is 0 Å². The molecule has 1 aromatic carbocycles. The molecule has 2 N–H and O–H groups in total. The summed E-state index contributed by atoms with van der Waals surface area (Å²) in [6.45, 7) is 15.4. The van der Waals surface area contributed by atoms with Crippen LogP contribution in [0.25, 0.3) is 0 Å². The maximum Gasteiger partial charge on any atom is 0.0507 e. The number of benzene rings is 1. The highest BCUT2D eigenvalue weighted by Crippen LogP contribution is 2.23. The number of rotatable bonds is 9. The molecule has 162 valence electrons. The van der Waals surface area contributed by atoms with Gasteiger partial charge < -0.3 is 15.5 Å². The van der Waals surface area contributed by atoms with Gasteiger partial charge >= 0.3 is 0 Å². The Morgan fingerprint density at radius 2 is 2.13 bits per heavy atom. The van der Waals surface area contributed by atoms with E-state index in [0.29, 0.717) is 0 Å². The van der Waals surface area contributed by atoms with Crippen LogP contribution in [0.15, 0.2) is 59.0 Å². The summed E-state index contributed by atoms with van der Waals surface area (Å²) >= 11 is 6.32. The van der Waals surface area contributed by atoms with Crippen molar-refractivity contribution in [1.29, 1.82) is 0 Å². The Morgan fingerprint density at radius 3 is 2.90 bits per heavy atom. The average Bonchev–Trinajstić information content (AvgIpc) is 2.96. The van der Waals surface area contributed by atoms with Gasteiger partial charge in [0.1, 0.15) is 0 Å². The topological polar surface area (TPSA) is 39.7 Å². The van der Waals surface area contributed by atoms with Crippen LogP contribution in [-0.4, -0.2) is 44.3 Å². The van der Waals surface area contributed by atoms with Gasteiger partial charge in [-0.25, -0.2) is 0 Å². The van der Waals surface area contributed by atoms with Crippen LogP contribution in [0.3, 0.4) is 0 Å². The summed E-state index contributed by atoms with van der Waals surface area (Å²) in [6, 6.07) is 6.21. The molecule has 30 heavy (non-hydrogen) atoms. The van der Waals surface area contributed by atoms with Crippen LogP contribution in [0.5, 0.6) is 0 Å². The van der Waals surface area contributed by atoms with Crippen molar-refractivity contribution in [2.45, 2.75) is 39.0 Å². The molecule has 0 saturated carbocycles. The van der Waals surface area contributed by atoms with Gasteiger partial charge in [-0.1, -0.05) is 35.9 Å². The molecule has 3 rings (SSSR count). The van der Waals surface area contributed by atoms with Gasteiger partial charge in [0, 0.05) is 42.3 Å². The van der Waals surface area contributed by atoms with E-state index < -0.39 is 0 Å². The summed E-state index contributed by atoms with van der Waals surface area (Å²) < 4.78 is 0. The first kappa shape index (κ1) is 22.6. The molecular weight excluding hydrogens is 392 g/mol. The van der Waals surface area contributed by atoms with Crippen molar-refractivity contribution < 1.29 is 0 Å². The van der Waals surface area contributed by atoms with Crippen molar-refractivity contribution in [3.8, 4) is 0 Å². The molecule has 2 aliphatic rings. The van der Waals surface area contributed by atoms with Crippen LogP contribution in [0.1, 0.15) is 36.8 Å². The lowest BCUT2D eigenvalue weighted by Gasteiger charge is -2.28. The van der Waals surface area contributed by atoms with Crippen LogP contribution in [0.4, 0.5) is 0 Å². The van der Waals surface area contributed by atoms with Gasteiger partial charge in [0.25, 0.3) is 0 Å². The second kappa shape index (κ2) is 11.4. The standard InChI is InChI=1S/C25H35ClN4/c1-19-6-7-24(26)22(17-19)5-4-12-29-20(2)23-10-15-30(16-11-25(23)27-3)18-21-8-13-28-14-9-21/h6-7,10,15,17,21,28-29H,2-5,8-9,11-14,16,18H2,1H3. The fourth-order valence-corrected chi connectivity index (χ4v) is 4.44. The minimum Gasteiger partial charge on any atom is -0.385 e. The molecule has 0 bridgehead atoms. The molecule has 1 aromatic rings. The highest BCUT2D eigenvalue weighted by Gasteiger charge is 2.18. The number of nitrogens with one attached hydrogen (secondary N) is 2. The number of allylic oxidation sites excluding steroid dienone is 1. The van der Waals surface area contributed by atoms with Crippen molar-refractivity contribution in [2.75, 3.05) is 32.7 Å². The monoisotopic (exact) mass is 426 g/mol. The normalized spacial score (nSPS) is 17.7. The van der Waals surface area contributed by atoms with E-state index in [4.69, 9.17) is 11.6 Å². The van der Waals surface area contributed by atoms with Crippen LogP contribution in [0, 0.1) is 12.8 Å². The Hall–Kier alpha value is -2.04. The molecule has 2 heterocycles. The second-order valence-corrected chi connectivity index (χ2v) is 8.78. The number of aryl methyl sites for hydroxylation is 2. The molecule has 0 amide bonds. The van der Waals surface area contributed by atoms with Gasteiger partial charge in [0.15, 0.2) is 0 Å². The predicted molar refractivity (Wildman–Crippen MR) is 129 cm³/mol. The Bertz CT molecular complexity index is 805. The predicted octanol–water partition coefficient (Wildman–Crippen LogP) is 4.86. The average molecular weight is 427 g/mol. The number of aliphatic imine (C=N–C) groups is 1. The first-order valence-corrected chi connectivity index (χ1v) is 11.5. The molecule has 0 spiro atoms. The van der Waals surface area contributed by atoms with Crippen LogP contribution < -0.4 is 10.6 Å². The number of hydrogen-bond donors (Lipinski definition) is 2. The van der Waals surface area contributed by atoms with E-state index in [0.717, 1.165) is 79.9 Å². The van der Waals surface area contributed by atoms with Gasteiger partial charge in [-0.05, 0) is 82.2 Å². The zero-order valence-corrected chi connectivity index (χ0v) is 19.0. The van der Waals surface area contributed by atoms with E-state index in [1.165, 1.54) is 24.0 Å². The quantitative estimate of drug-likeness (QED) is 0.437. The molecule has 2 aliphatic heterocycles. The maximum atomic E-state index is 6.32. The number of nitrogens with zero attached hydrogens (tertiary/aromatic N) is 2. The molecule has 4 nitrogen and oxygen atoms in total. The first-order valence-electron chi connectivity index (χ1n) is 11.1. The molecular formula is C25H35ClN4. The molecule has 0 unspecified atom stereocenters. The smallest absolute Gasteiger partial charge is 0.0507 e. The molecule has 0 atom stereocenters. The zero-order chi connectivity index (χ0) is 21.3. The van der Waals surface area contributed by atoms with E-state index in [-0.39, 0.29) is 0 Å². The lowest BCUT2D eigenvalue weighted by Crippen LogP contribution is -2.34. The van der Waals surface area contributed by atoms with Gasteiger partial charge in [0.05, 0.1) is 5.70 Å². The fraction of sp³-hybridized carbons (Fsp3) is 0.480. The largest absolute Gasteiger partial charge is 0.385 e. The summed E-state index contributed by atoms with van der Waals surface area (Å²) in [6.07, 6.45) is 9.74. The highest BCUT2D eigenvalue weighted by molar-refractivity contribution is 6.31. The van der Waals surface area contributed by atoms with E-state index >= 15 is 0 Å². The highest BCUT2D eigenvalue weighted by atomic mass is 35.5. The summed E-state index contributed by atoms with van der Waals surface area (Å²) in [5.41, 5.74) is 5.48. The van der Waals surface area contributed by atoms with E-state index in [2.05, 4.69) is 65.2 Å². The Kier molecular flexibility index (Phi) is 8.59. The van der Waals surface area contributed by atoms with Crippen molar-refractivity contribution in [2.24, 2.45) is 10.9 Å². The second-order valence-electron chi connectivity index (χ2n) is 8.38. The number of hydrogen-bond acceptors (Lipinski definition) is 4. The molecule has 5 heteroatoms. The van der Waals surface area contributed by atoms with Crippen LogP contribution >= 0.6 is 11.6 Å². The van der Waals surface area contributed by atoms with Crippen molar-refractivity contribution >= 4 is 18.3 Å². The van der Waals surface area contributed by atoms with Gasteiger partial charge in [-0.15, -0.1) is 0 Å². The van der Waals surface area contributed by atoms with E-state index in [9.17, 15) is 0 Å². The molecule has 0 aromatic heterocycles. The summed E-state index contributed by atoms with van der Waals surface area (Å²) in [7, 11) is 0. The van der Waals surface area contributed by atoms with Gasteiger partial charge in [0.2, 0.25) is 0 Å². The lowest BCUT2D eigenvalue weighted by atomic mass is 9.97. The third-order valence-corrected chi connectivity index (χ3v) is 6.40. The van der Waals surface area contributed by atoms with E-state index in [1.807, 2.05) is 6.07 Å². The SMILES string of the molecule is C=NC1=C(C(=C)NCCCc2cc(C)ccc2Cl)C=CN(CC2CCNCC2)CC1. The van der Waals surface area contributed by atoms with E-state index in [1.54, 1.807) is 0 Å². The third kappa shape index (κ3) is 6.48. The molecule has 0 aliphatic carbocycles. The summed E-state index contributed by atoms with van der Waals surface area (Å²) in [4.78, 5) is 6.74. The molecule has 1 saturated heterocycles. The zero-order valence-electron chi connectivity index (χ0n) is 18.2. The molecule has 0 radical (unpaired) electrons. The Morgan fingerprint density at radius 1 is 1.33 bits per heavy atom. The van der Waals surface area contributed by atoms with Crippen molar-refractivity contribution in [1.82, 2.24) is 15.5 Å². The number of halogens is 1. The van der Waals surface area contributed by atoms with Gasteiger partial charge in [-0.2, -0.15) is 0 Å². The van der Waals surface area contributed by atoms with Crippen molar-refractivity contribution in [3.05, 3.63) is 70.2 Å². The summed E-state index contributed by atoms with van der Waals surface area (Å²) in [5.74, 6) is 0.771. The third-order valence-electron chi connectivity index (χ3n) is 6.03. The lowest BCUT2D eigenvalue weighted by molar-refractivity contribution is 0.265.